The van der Waals surface area contributed by atoms with Crippen molar-refractivity contribution < 1.29 is 14.4 Å². The third-order valence-corrected chi connectivity index (χ3v) is 3.87. The molecule has 0 radical (unpaired) electrons. The van der Waals surface area contributed by atoms with Crippen molar-refractivity contribution in [2.75, 3.05) is 0 Å². The van der Waals surface area contributed by atoms with Gasteiger partial charge in [-0.1, -0.05) is 69.2 Å². The van der Waals surface area contributed by atoms with E-state index < -0.39 is 5.97 Å². The van der Waals surface area contributed by atoms with Gasteiger partial charge < -0.3 is 5.11 Å². The maximum atomic E-state index is 13.2. The lowest BCUT2D eigenvalue weighted by atomic mass is 10.0. The first kappa shape index (κ1) is 17.7. The van der Waals surface area contributed by atoms with E-state index in [-0.39, 0.29) is 10.5 Å². The number of hydrogen-bond acceptors (Lipinski definition) is 1. The van der Waals surface area contributed by atoms with Crippen LogP contribution in [0, 0.1) is 0 Å². The van der Waals surface area contributed by atoms with Crippen LogP contribution in [0.1, 0.15) is 87.2 Å². The molecule has 4 heteroatoms. The summed E-state index contributed by atoms with van der Waals surface area (Å²) in [5.41, 5.74) is 0.492. The molecule has 0 amide bonds. The molecule has 0 atom stereocenters. The van der Waals surface area contributed by atoms with Gasteiger partial charge in [-0.25, -0.2) is 4.79 Å². The van der Waals surface area contributed by atoms with Crippen LogP contribution in [0.3, 0.4) is 0 Å². The fraction of sp³-hybridized carbons (Fsp3) is 0.706. The normalized spacial score (nSPS) is 11.0. The zero-order valence-corrected chi connectivity index (χ0v) is 13.1. The van der Waals surface area contributed by atoms with E-state index in [1.165, 1.54) is 63.6 Å². The van der Waals surface area contributed by atoms with Crippen molar-refractivity contribution in [1.82, 2.24) is 4.79 Å². The highest BCUT2D eigenvalue weighted by Crippen LogP contribution is 2.14. The second kappa shape index (κ2) is 10.4. The predicted octanol–water partition coefficient (Wildman–Crippen LogP) is 5.38. The Hall–Kier alpha value is -1.32. The van der Waals surface area contributed by atoms with Crippen LogP contribution in [0.2, 0.25) is 0 Å². The van der Waals surface area contributed by atoms with Crippen molar-refractivity contribution >= 4 is 5.97 Å². The average Bonchev–Trinajstić information content (AvgIpc) is 2.82. The van der Waals surface area contributed by atoms with Crippen LogP contribution < -0.4 is 0 Å². The summed E-state index contributed by atoms with van der Waals surface area (Å²) in [5, 5.41) is 8.76. The van der Waals surface area contributed by atoms with Crippen molar-refractivity contribution in [3.63, 3.8) is 0 Å². The minimum Gasteiger partial charge on any atom is -0.476 e. The van der Waals surface area contributed by atoms with Gasteiger partial charge in [-0.15, -0.1) is 0 Å². The first-order valence-corrected chi connectivity index (χ1v) is 8.26. The maximum Gasteiger partial charge on any atom is 0.355 e. The zero-order valence-electron chi connectivity index (χ0n) is 13.1. The van der Waals surface area contributed by atoms with Crippen molar-refractivity contribution in [2.45, 2.75) is 77.6 Å². The molecule has 1 heterocycles. The van der Waals surface area contributed by atoms with E-state index in [1.54, 1.807) is 0 Å². The van der Waals surface area contributed by atoms with E-state index in [1.807, 2.05) is 0 Å². The van der Waals surface area contributed by atoms with Crippen LogP contribution >= 0.6 is 0 Å². The zero-order chi connectivity index (χ0) is 15.5. The topological polar surface area (TPSA) is 42.2 Å². The van der Waals surface area contributed by atoms with Crippen LogP contribution in [0.15, 0.2) is 12.3 Å². The molecule has 1 N–H and O–H groups in total. The summed E-state index contributed by atoms with van der Waals surface area (Å²) in [7, 11) is 0. The Bertz CT molecular complexity index is 415. The second-order valence-corrected chi connectivity index (χ2v) is 5.78. The number of carboxylic acids is 1. The lowest BCUT2D eigenvalue weighted by molar-refractivity contribution is 0.0673. The highest BCUT2D eigenvalue weighted by Gasteiger charge is 2.11. The van der Waals surface area contributed by atoms with Crippen LogP contribution in [0.4, 0.5) is 4.48 Å². The number of carboxylic acid groups (broad SMARTS) is 1. The summed E-state index contributed by atoms with van der Waals surface area (Å²) in [5.74, 6) is -1.22. The van der Waals surface area contributed by atoms with Crippen LogP contribution in [-0.4, -0.2) is 15.9 Å². The number of aromatic nitrogens is 1. The van der Waals surface area contributed by atoms with Gasteiger partial charge in [0, 0.05) is 6.20 Å². The summed E-state index contributed by atoms with van der Waals surface area (Å²) in [6.07, 6.45) is 14.7. The monoisotopic (exact) mass is 297 g/mol. The Morgan fingerprint density at radius 3 is 2.05 bits per heavy atom. The Morgan fingerprint density at radius 1 is 1.05 bits per heavy atom. The molecule has 120 valence electrons. The van der Waals surface area contributed by atoms with Gasteiger partial charge in [0.05, 0.1) is 0 Å². The number of aromatic carboxylic acids is 1. The second-order valence-electron chi connectivity index (χ2n) is 5.78. The van der Waals surface area contributed by atoms with Gasteiger partial charge in [-0.05, 0) is 24.5 Å². The number of nitrogens with zero attached hydrogens (tertiary/aromatic N) is 1. The molecular formula is C17H28FNO2. The minimum atomic E-state index is -1.22. The first-order valence-electron chi connectivity index (χ1n) is 8.26. The van der Waals surface area contributed by atoms with Gasteiger partial charge in [0.2, 0.25) is 0 Å². The van der Waals surface area contributed by atoms with Gasteiger partial charge in [-0.2, -0.15) is 4.79 Å². The number of aryl methyl sites for hydroxylation is 1. The van der Waals surface area contributed by atoms with Crippen molar-refractivity contribution in [3.05, 3.63) is 23.5 Å². The molecule has 0 bridgehead atoms. The Labute approximate surface area is 127 Å². The Morgan fingerprint density at radius 2 is 1.57 bits per heavy atom. The molecule has 1 aromatic rings. The van der Waals surface area contributed by atoms with Gasteiger partial charge in [0.15, 0.2) is 5.69 Å². The smallest absolute Gasteiger partial charge is 0.355 e. The van der Waals surface area contributed by atoms with Crippen LogP contribution in [0.5, 0.6) is 0 Å². The summed E-state index contributed by atoms with van der Waals surface area (Å²) in [4.78, 5) is 10.9. The molecule has 0 fully saturated rings. The maximum absolute atomic E-state index is 13.2. The fourth-order valence-corrected chi connectivity index (χ4v) is 2.60. The molecule has 1 rings (SSSR count). The van der Waals surface area contributed by atoms with Crippen molar-refractivity contribution in [3.8, 4) is 0 Å². The van der Waals surface area contributed by atoms with E-state index in [9.17, 15) is 9.28 Å². The van der Waals surface area contributed by atoms with Crippen LogP contribution in [0.25, 0.3) is 0 Å². The molecule has 0 aliphatic heterocycles. The summed E-state index contributed by atoms with van der Waals surface area (Å²) >= 11 is 0. The van der Waals surface area contributed by atoms with E-state index in [2.05, 4.69) is 6.92 Å². The minimum absolute atomic E-state index is 0.202. The van der Waals surface area contributed by atoms with Gasteiger partial charge >= 0.3 is 5.97 Å². The lowest BCUT2D eigenvalue weighted by Crippen LogP contribution is -2.00. The van der Waals surface area contributed by atoms with Crippen molar-refractivity contribution in [2.24, 2.45) is 0 Å². The number of hydrogen-bond donors (Lipinski definition) is 1. The van der Waals surface area contributed by atoms with Crippen LogP contribution in [-0.2, 0) is 6.42 Å². The molecule has 0 saturated heterocycles. The Balaban J connectivity index is 2.02. The first-order chi connectivity index (χ1) is 10.1. The average molecular weight is 297 g/mol. The quantitative estimate of drug-likeness (QED) is 0.526. The standard InChI is InChI=1S/C17H28FNO2/c1-2-3-4-5-6-7-8-9-10-11-12-15-13-16(17(20)21)19(18)14-15/h13-14H,2-12H2,1H3,(H,20,21). The summed E-state index contributed by atoms with van der Waals surface area (Å²) in [6, 6.07) is 1.43. The molecule has 3 nitrogen and oxygen atoms in total. The molecule has 1 aromatic heterocycles. The van der Waals surface area contributed by atoms with E-state index in [0.717, 1.165) is 24.8 Å². The third-order valence-electron chi connectivity index (χ3n) is 3.87. The summed E-state index contributed by atoms with van der Waals surface area (Å²) in [6.45, 7) is 2.23. The molecule has 21 heavy (non-hydrogen) atoms. The van der Waals surface area contributed by atoms with E-state index in [0.29, 0.717) is 0 Å². The molecule has 0 aliphatic rings. The summed E-state index contributed by atoms with van der Waals surface area (Å²) < 4.78 is 13.2. The van der Waals surface area contributed by atoms with E-state index in [4.69, 9.17) is 5.11 Å². The van der Waals surface area contributed by atoms with E-state index >= 15 is 0 Å². The predicted molar refractivity (Wildman–Crippen MR) is 83.4 cm³/mol. The SMILES string of the molecule is CCCCCCCCCCCCc1cc(C(=O)O)n(F)c1. The third kappa shape index (κ3) is 7.30. The molecule has 0 aromatic carbocycles. The molecule has 0 saturated carbocycles. The lowest BCUT2D eigenvalue weighted by Gasteiger charge is -2.01. The van der Waals surface area contributed by atoms with Crippen molar-refractivity contribution in [1.29, 1.82) is 0 Å². The molecular weight excluding hydrogens is 269 g/mol. The fourth-order valence-electron chi connectivity index (χ4n) is 2.60. The number of rotatable bonds is 12. The Kier molecular flexibility index (Phi) is 8.79. The molecule has 0 aliphatic carbocycles. The van der Waals surface area contributed by atoms with Gasteiger partial charge in [0.1, 0.15) is 0 Å². The number of unbranched alkanes of at least 4 members (excludes halogenated alkanes) is 9. The molecule has 0 spiro atoms. The number of carbonyl (C=O) groups is 1. The number of halogens is 1. The largest absolute Gasteiger partial charge is 0.476 e. The van der Waals surface area contributed by atoms with Gasteiger partial charge in [0.25, 0.3) is 0 Å². The molecule has 0 unspecified atom stereocenters. The highest BCUT2D eigenvalue weighted by molar-refractivity contribution is 5.86. The highest BCUT2D eigenvalue weighted by atomic mass is 19.2. The van der Waals surface area contributed by atoms with Gasteiger partial charge in [-0.3, -0.25) is 0 Å².